The van der Waals surface area contributed by atoms with E-state index >= 15 is 0 Å². The van der Waals surface area contributed by atoms with E-state index in [1.54, 1.807) is 18.2 Å². The summed E-state index contributed by atoms with van der Waals surface area (Å²) in [5.74, 6) is -0.860. The lowest BCUT2D eigenvalue weighted by atomic mass is 9.85. The molecule has 3 aromatic rings. The predicted octanol–water partition coefficient (Wildman–Crippen LogP) is 2.76. The van der Waals surface area contributed by atoms with Crippen LogP contribution in [-0.2, 0) is 6.54 Å². The van der Waals surface area contributed by atoms with Crippen molar-refractivity contribution in [2.45, 2.75) is 25.0 Å². The van der Waals surface area contributed by atoms with Crippen LogP contribution in [0.4, 0.5) is 0 Å². The van der Waals surface area contributed by atoms with E-state index in [0.717, 1.165) is 6.07 Å². The van der Waals surface area contributed by atoms with E-state index < -0.39 is 17.5 Å². The highest BCUT2D eigenvalue weighted by atomic mass is 35.5. The van der Waals surface area contributed by atoms with Gasteiger partial charge in [0, 0.05) is 42.3 Å². The van der Waals surface area contributed by atoms with Gasteiger partial charge in [-0.3, -0.25) is 4.79 Å². The third kappa shape index (κ3) is 3.44. The van der Waals surface area contributed by atoms with Gasteiger partial charge in [-0.25, -0.2) is 0 Å². The Hall–Kier alpha value is -2.58. The number of phenolic OH excluding ortho intramolecular Hbond substituents is 2. The van der Waals surface area contributed by atoms with Gasteiger partial charge in [0.05, 0.1) is 11.1 Å². The molecule has 7 nitrogen and oxygen atoms in total. The van der Waals surface area contributed by atoms with Crippen molar-refractivity contribution in [2.75, 3.05) is 20.1 Å². The summed E-state index contributed by atoms with van der Waals surface area (Å²) in [6.45, 7) is 1.34. The predicted molar refractivity (Wildman–Crippen MR) is 115 cm³/mol. The van der Waals surface area contributed by atoms with Crippen LogP contribution in [0, 0.1) is 0 Å². The van der Waals surface area contributed by atoms with Crippen molar-refractivity contribution in [1.82, 2.24) is 4.90 Å². The minimum absolute atomic E-state index is 0.0382. The number of halogens is 1. The first-order valence-electron chi connectivity index (χ1n) is 9.69. The van der Waals surface area contributed by atoms with Gasteiger partial charge in [-0.05, 0) is 31.6 Å². The van der Waals surface area contributed by atoms with E-state index in [1.165, 1.54) is 6.07 Å². The molecule has 2 aromatic carbocycles. The van der Waals surface area contributed by atoms with E-state index in [-0.39, 0.29) is 34.8 Å². The number of aromatic hydroxyl groups is 2. The van der Waals surface area contributed by atoms with Gasteiger partial charge in [-0.15, -0.1) is 0 Å². The summed E-state index contributed by atoms with van der Waals surface area (Å²) < 4.78 is 6.06. The average molecular weight is 431 g/mol. The maximum atomic E-state index is 12.9. The SMILES string of the molecule is CN1CC[C@H](c2c(O)cc(O)c3c(=O)cc(-c4cccc(CN)c4Cl)oc23)[C@@H](O)C1. The normalized spacial score (nSPS) is 20.0. The molecule has 1 fully saturated rings. The van der Waals surface area contributed by atoms with Crippen LogP contribution in [-0.4, -0.2) is 46.5 Å². The van der Waals surface area contributed by atoms with Crippen LogP contribution in [0.5, 0.6) is 11.5 Å². The Bertz CT molecular complexity index is 1180. The molecule has 1 aliphatic heterocycles. The van der Waals surface area contributed by atoms with Crippen molar-refractivity contribution >= 4 is 22.6 Å². The van der Waals surface area contributed by atoms with Crippen LogP contribution in [0.15, 0.2) is 39.5 Å². The van der Waals surface area contributed by atoms with Crippen molar-refractivity contribution in [2.24, 2.45) is 5.73 Å². The molecule has 0 spiro atoms. The highest BCUT2D eigenvalue weighted by molar-refractivity contribution is 6.34. The summed E-state index contributed by atoms with van der Waals surface area (Å²) >= 11 is 6.45. The largest absolute Gasteiger partial charge is 0.507 e. The van der Waals surface area contributed by atoms with Gasteiger partial charge >= 0.3 is 0 Å². The van der Waals surface area contributed by atoms with E-state index in [0.29, 0.717) is 41.2 Å². The maximum Gasteiger partial charge on any atom is 0.197 e. The van der Waals surface area contributed by atoms with Crippen molar-refractivity contribution in [3.63, 3.8) is 0 Å². The number of hydrogen-bond donors (Lipinski definition) is 4. The zero-order chi connectivity index (χ0) is 21.6. The lowest BCUT2D eigenvalue weighted by Gasteiger charge is -2.34. The number of β-amino-alcohol motifs (C(OH)–C–C–N with tert-alkyl or cyclic N) is 1. The van der Waals surface area contributed by atoms with E-state index in [4.69, 9.17) is 21.8 Å². The lowest BCUT2D eigenvalue weighted by molar-refractivity contribution is 0.0630. The molecule has 0 radical (unpaired) electrons. The second-order valence-electron chi connectivity index (χ2n) is 7.72. The molecule has 0 unspecified atom stereocenters. The van der Waals surface area contributed by atoms with Gasteiger partial charge in [-0.2, -0.15) is 0 Å². The first kappa shape index (κ1) is 20.7. The fourth-order valence-corrected chi connectivity index (χ4v) is 4.46. The smallest absolute Gasteiger partial charge is 0.197 e. The minimum Gasteiger partial charge on any atom is -0.507 e. The second kappa shape index (κ2) is 7.92. The number of piperidine rings is 1. The molecule has 1 aliphatic rings. The Morgan fingerprint density at radius 3 is 2.73 bits per heavy atom. The number of nitrogens with zero attached hydrogens (tertiary/aromatic N) is 1. The zero-order valence-corrected chi connectivity index (χ0v) is 17.2. The molecular formula is C22H23ClN2O5. The Morgan fingerprint density at radius 2 is 2.03 bits per heavy atom. The molecule has 0 bridgehead atoms. The Balaban J connectivity index is 1.99. The summed E-state index contributed by atoms with van der Waals surface area (Å²) in [7, 11) is 1.90. The van der Waals surface area contributed by atoms with E-state index in [2.05, 4.69) is 0 Å². The summed E-state index contributed by atoms with van der Waals surface area (Å²) in [5.41, 5.74) is 6.81. The zero-order valence-electron chi connectivity index (χ0n) is 16.4. The standard InChI is InChI=1S/C22H23ClN2O5/c1-25-6-5-12(17(29)10-25)19-14(26)7-15(27)20-16(28)8-18(30-22(19)20)13-4-2-3-11(9-24)21(13)23/h2-4,7-8,12,17,26-27,29H,5-6,9-10,24H2,1H3/t12-,17-/m0/s1. The molecule has 8 heteroatoms. The molecule has 4 rings (SSSR count). The number of likely N-dealkylation sites (N-methyl/N-ethyl adjacent to an activating group) is 1. The van der Waals surface area contributed by atoms with Gasteiger partial charge in [0.15, 0.2) is 5.43 Å². The molecule has 158 valence electrons. The number of aliphatic hydroxyl groups excluding tert-OH is 1. The maximum absolute atomic E-state index is 12.9. The number of aliphatic hydroxyl groups is 1. The van der Waals surface area contributed by atoms with Crippen LogP contribution in [0.3, 0.4) is 0 Å². The van der Waals surface area contributed by atoms with Gasteiger partial charge in [0.2, 0.25) is 0 Å². The summed E-state index contributed by atoms with van der Waals surface area (Å²) in [6.07, 6.45) is -0.205. The molecule has 5 N–H and O–H groups in total. The van der Waals surface area contributed by atoms with Gasteiger partial charge < -0.3 is 30.4 Å². The first-order valence-corrected chi connectivity index (χ1v) is 10.1. The molecule has 2 heterocycles. The van der Waals surface area contributed by atoms with Crippen molar-refractivity contribution in [3.05, 3.63) is 56.7 Å². The van der Waals surface area contributed by atoms with Crippen LogP contribution >= 0.6 is 11.6 Å². The minimum atomic E-state index is -0.763. The topological polar surface area (TPSA) is 120 Å². The van der Waals surface area contributed by atoms with Crippen molar-refractivity contribution in [1.29, 1.82) is 0 Å². The third-order valence-corrected chi connectivity index (χ3v) is 6.16. The molecule has 1 saturated heterocycles. The number of rotatable bonds is 3. The summed E-state index contributed by atoms with van der Waals surface area (Å²) in [5, 5.41) is 31.9. The summed E-state index contributed by atoms with van der Waals surface area (Å²) in [6, 6.07) is 7.63. The molecule has 2 atom stereocenters. The van der Waals surface area contributed by atoms with E-state index in [9.17, 15) is 20.1 Å². The van der Waals surface area contributed by atoms with Crippen molar-refractivity contribution in [3.8, 4) is 22.8 Å². The summed E-state index contributed by atoms with van der Waals surface area (Å²) in [4.78, 5) is 14.9. The quantitative estimate of drug-likeness (QED) is 0.504. The number of likely N-dealkylation sites (tertiary alicyclic amines) is 1. The second-order valence-corrected chi connectivity index (χ2v) is 8.09. The van der Waals surface area contributed by atoms with E-state index in [1.807, 2.05) is 11.9 Å². The average Bonchev–Trinajstić information content (AvgIpc) is 2.69. The Kier molecular flexibility index (Phi) is 5.46. The number of nitrogens with two attached hydrogens (primary N) is 1. The molecule has 1 aromatic heterocycles. The fraction of sp³-hybridized carbons (Fsp3) is 0.318. The molecule has 0 saturated carbocycles. The first-order chi connectivity index (χ1) is 14.3. The highest BCUT2D eigenvalue weighted by Crippen LogP contribution is 2.43. The molecular weight excluding hydrogens is 408 g/mol. The van der Waals surface area contributed by atoms with Crippen LogP contribution in [0.2, 0.25) is 5.02 Å². The third-order valence-electron chi connectivity index (χ3n) is 5.72. The number of fused-ring (bicyclic) bond motifs is 1. The van der Waals surface area contributed by atoms with Crippen LogP contribution in [0.25, 0.3) is 22.3 Å². The Labute approximate surface area is 177 Å². The number of hydrogen-bond acceptors (Lipinski definition) is 7. The van der Waals surface area contributed by atoms with Crippen LogP contribution in [0.1, 0.15) is 23.5 Å². The molecule has 0 aliphatic carbocycles. The number of phenols is 2. The highest BCUT2D eigenvalue weighted by Gasteiger charge is 2.33. The van der Waals surface area contributed by atoms with Crippen molar-refractivity contribution < 1.29 is 19.7 Å². The molecule has 0 amide bonds. The fourth-order valence-electron chi connectivity index (χ4n) is 4.17. The number of benzene rings is 2. The Morgan fingerprint density at radius 1 is 1.27 bits per heavy atom. The monoisotopic (exact) mass is 430 g/mol. The van der Waals surface area contributed by atoms with Gasteiger partial charge in [0.25, 0.3) is 0 Å². The van der Waals surface area contributed by atoms with Gasteiger partial charge in [0.1, 0.15) is 28.2 Å². The lowest BCUT2D eigenvalue weighted by Crippen LogP contribution is -2.40. The molecule has 30 heavy (non-hydrogen) atoms. The van der Waals surface area contributed by atoms with Crippen LogP contribution < -0.4 is 11.2 Å². The van der Waals surface area contributed by atoms with Gasteiger partial charge in [-0.1, -0.05) is 23.7 Å².